The third-order valence-electron chi connectivity index (χ3n) is 3.56. The molecule has 0 spiro atoms. The highest BCUT2D eigenvalue weighted by atomic mass is 16.6. The van der Waals surface area contributed by atoms with Gasteiger partial charge in [0.2, 0.25) is 0 Å². The first-order chi connectivity index (χ1) is 9.22. The van der Waals surface area contributed by atoms with Crippen molar-refractivity contribution in [3.63, 3.8) is 0 Å². The highest BCUT2D eigenvalue weighted by Gasteiger charge is 2.16. The Morgan fingerprint density at radius 1 is 1.11 bits per heavy atom. The SMILES string of the molecule is O=Cc1cc(N2CCCCCCC2)ccc1[N+](=O)[O-]. The molecule has 1 aromatic carbocycles. The van der Waals surface area contributed by atoms with Crippen molar-refractivity contribution in [2.45, 2.75) is 32.1 Å². The van der Waals surface area contributed by atoms with Crippen LogP contribution >= 0.6 is 0 Å². The highest BCUT2D eigenvalue weighted by Crippen LogP contribution is 2.25. The van der Waals surface area contributed by atoms with E-state index in [2.05, 4.69) is 4.90 Å². The number of nitro benzene ring substituents is 1. The number of anilines is 1. The summed E-state index contributed by atoms with van der Waals surface area (Å²) in [7, 11) is 0. The molecule has 1 saturated heterocycles. The predicted octanol–water partition coefficient (Wildman–Crippen LogP) is 3.18. The van der Waals surface area contributed by atoms with E-state index in [1.54, 1.807) is 12.1 Å². The van der Waals surface area contributed by atoms with Gasteiger partial charge in [-0.1, -0.05) is 19.3 Å². The van der Waals surface area contributed by atoms with Crippen LogP contribution in [0.3, 0.4) is 0 Å². The zero-order valence-electron chi connectivity index (χ0n) is 10.9. The van der Waals surface area contributed by atoms with Gasteiger partial charge in [-0.3, -0.25) is 14.9 Å². The van der Waals surface area contributed by atoms with Crippen molar-refractivity contribution in [2.75, 3.05) is 18.0 Å². The van der Waals surface area contributed by atoms with E-state index in [4.69, 9.17) is 0 Å². The lowest BCUT2D eigenvalue weighted by Crippen LogP contribution is -2.27. The summed E-state index contributed by atoms with van der Waals surface area (Å²) in [4.78, 5) is 23.5. The number of carbonyl (C=O) groups excluding carboxylic acids is 1. The zero-order chi connectivity index (χ0) is 13.7. The second-order valence-corrected chi connectivity index (χ2v) is 4.87. The number of hydrogen-bond donors (Lipinski definition) is 0. The average Bonchev–Trinajstić information content (AvgIpc) is 2.37. The minimum Gasteiger partial charge on any atom is -0.372 e. The number of benzene rings is 1. The van der Waals surface area contributed by atoms with Gasteiger partial charge in [0.05, 0.1) is 10.5 Å². The van der Waals surface area contributed by atoms with E-state index in [-0.39, 0.29) is 11.3 Å². The molecule has 1 aliphatic rings. The molecule has 102 valence electrons. The number of nitrogens with zero attached hydrogens (tertiary/aromatic N) is 2. The van der Waals surface area contributed by atoms with Crippen LogP contribution in [0, 0.1) is 10.1 Å². The summed E-state index contributed by atoms with van der Waals surface area (Å²) in [5.41, 5.74) is 0.949. The molecule has 0 saturated carbocycles. The van der Waals surface area contributed by atoms with E-state index >= 15 is 0 Å². The Kier molecular flexibility index (Phi) is 4.49. The first kappa shape index (κ1) is 13.5. The molecule has 0 aliphatic carbocycles. The Labute approximate surface area is 112 Å². The number of carbonyl (C=O) groups is 1. The predicted molar refractivity (Wildman–Crippen MR) is 73.8 cm³/mol. The lowest BCUT2D eigenvalue weighted by atomic mass is 10.1. The average molecular weight is 262 g/mol. The maximum absolute atomic E-state index is 11.0. The molecule has 2 rings (SSSR count). The number of rotatable bonds is 3. The van der Waals surface area contributed by atoms with E-state index in [0.29, 0.717) is 6.29 Å². The summed E-state index contributed by atoms with van der Waals surface area (Å²) >= 11 is 0. The van der Waals surface area contributed by atoms with Crippen LogP contribution in [-0.4, -0.2) is 24.3 Å². The highest BCUT2D eigenvalue weighted by molar-refractivity contribution is 5.83. The molecule has 0 unspecified atom stereocenters. The molecule has 1 aromatic rings. The summed E-state index contributed by atoms with van der Waals surface area (Å²) < 4.78 is 0. The molecule has 0 bridgehead atoms. The van der Waals surface area contributed by atoms with E-state index < -0.39 is 4.92 Å². The van der Waals surface area contributed by atoms with E-state index in [0.717, 1.165) is 31.6 Å². The van der Waals surface area contributed by atoms with Crippen LogP contribution in [0.2, 0.25) is 0 Å². The van der Waals surface area contributed by atoms with E-state index in [1.165, 1.54) is 25.3 Å². The largest absolute Gasteiger partial charge is 0.372 e. The maximum atomic E-state index is 11.0. The number of hydrogen-bond acceptors (Lipinski definition) is 4. The van der Waals surface area contributed by atoms with Crippen molar-refractivity contribution in [1.82, 2.24) is 0 Å². The summed E-state index contributed by atoms with van der Waals surface area (Å²) in [5, 5.41) is 10.8. The molecule has 0 aromatic heterocycles. The minimum atomic E-state index is -0.513. The van der Waals surface area contributed by atoms with Crippen molar-refractivity contribution in [3.8, 4) is 0 Å². The van der Waals surface area contributed by atoms with E-state index in [9.17, 15) is 14.9 Å². The van der Waals surface area contributed by atoms with Gasteiger partial charge in [-0.2, -0.15) is 0 Å². The van der Waals surface area contributed by atoms with Gasteiger partial charge in [0, 0.05) is 24.8 Å². The molecule has 5 heteroatoms. The lowest BCUT2D eigenvalue weighted by Gasteiger charge is -2.27. The fraction of sp³-hybridized carbons (Fsp3) is 0.500. The lowest BCUT2D eigenvalue weighted by molar-refractivity contribution is -0.385. The Morgan fingerprint density at radius 3 is 2.32 bits per heavy atom. The molecule has 1 heterocycles. The molecular weight excluding hydrogens is 244 g/mol. The fourth-order valence-electron chi connectivity index (χ4n) is 2.50. The van der Waals surface area contributed by atoms with Gasteiger partial charge in [-0.25, -0.2) is 0 Å². The van der Waals surface area contributed by atoms with Gasteiger partial charge in [0.1, 0.15) is 0 Å². The summed E-state index contributed by atoms with van der Waals surface area (Å²) in [5.74, 6) is 0. The first-order valence-corrected chi connectivity index (χ1v) is 6.71. The van der Waals surface area contributed by atoms with Crippen LogP contribution in [-0.2, 0) is 0 Å². The molecule has 0 atom stereocenters. The van der Waals surface area contributed by atoms with Crippen LogP contribution in [0.15, 0.2) is 18.2 Å². The van der Waals surface area contributed by atoms with Crippen LogP contribution in [0.1, 0.15) is 42.5 Å². The summed E-state index contributed by atoms with van der Waals surface area (Å²) in [6, 6.07) is 4.80. The summed E-state index contributed by atoms with van der Waals surface area (Å²) in [6.07, 6.45) is 6.56. The molecule has 0 radical (unpaired) electrons. The molecule has 0 N–H and O–H groups in total. The second kappa shape index (κ2) is 6.31. The van der Waals surface area contributed by atoms with Crippen molar-refractivity contribution in [3.05, 3.63) is 33.9 Å². The van der Waals surface area contributed by atoms with Crippen molar-refractivity contribution in [1.29, 1.82) is 0 Å². The van der Waals surface area contributed by atoms with Crippen molar-refractivity contribution in [2.24, 2.45) is 0 Å². The number of aldehydes is 1. The second-order valence-electron chi connectivity index (χ2n) is 4.87. The molecular formula is C14H18N2O3. The molecule has 0 amide bonds. The van der Waals surface area contributed by atoms with Gasteiger partial charge in [-0.15, -0.1) is 0 Å². The van der Waals surface area contributed by atoms with E-state index in [1.807, 2.05) is 0 Å². The molecule has 1 aliphatic heterocycles. The zero-order valence-corrected chi connectivity index (χ0v) is 10.9. The quantitative estimate of drug-likeness (QED) is 0.477. The van der Waals surface area contributed by atoms with Gasteiger partial charge < -0.3 is 4.90 Å². The van der Waals surface area contributed by atoms with Gasteiger partial charge in [0.25, 0.3) is 5.69 Å². The normalized spacial score (nSPS) is 16.5. The Hall–Kier alpha value is -1.91. The topological polar surface area (TPSA) is 63.5 Å². The molecule has 1 fully saturated rings. The van der Waals surface area contributed by atoms with Crippen molar-refractivity contribution < 1.29 is 9.72 Å². The summed E-state index contributed by atoms with van der Waals surface area (Å²) in [6.45, 7) is 1.91. The molecule has 5 nitrogen and oxygen atoms in total. The standard InChI is InChI=1S/C14H18N2O3/c17-11-12-10-13(6-7-14(12)16(18)19)15-8-4-2-1-3-5-9-15/h6-7,10-11H,1-5,8-9H2. The monoisotopic (exact) mass is 262 g/mol. The minimum absolute atomic E-state index is 0.120. The maximum Gasteiger partial charge on any atom is 0.280 e. The van der Waals surface area contributed by atoms with Gasteiger partial charge in [0.15, 0.2) is 6.29 Å². The van der Waals surface area contributed by atoms with Crippen LogP contribution in [0.5, 0.6) is 0 Å². The Morgan fingerprint density at radius 2 is 1.74 bits per heavy atom. The van der Waals surface area contributed by atoms with Gasteiger partial charge >= 0.3 is 0 Å². The third kappa shape index (κ3) is 3.30. The third-order valence-corrected chi connectivity index (χ3v) is 3.56. The Bertz CT molecular complexity index is 466. The van der Waals surface area contributed by atoms with Crippen molar-refractivity contribution >= 4 is 17.7 Å². The van der Waals surface area contributed by atoms with Gasteiger partial charge in [-0.05, 0) is 25.0 Å². The Balaban J connectivity index is 2.23. The van der Waals surface area contributed by atoms with Crippen LogP contribution in [0.25, 0.3) is 0 Å². The first-order valence-electron chi connectivity index (χ1n) is 6.71. The van der Waals surface area contributed by atoms with Crippen LogP contribution in [0.4, 0.5) is 11.4 Å². The van der Waals surface area contributed by atoms with Crippen LogP contribution < -0.4 is 4.90 Å². The number of nitro groups is 1. The smallest absolute Gasteiger partial charge is 0.280 e. The molecule has 19 heavy (non-hydrogen) atoms. The fourth-order valence-corrected chi connectivity index (χ4v) is 2.50.